The van der Waals surface area contributed by atoms with Crippen LogP contribution in [0.15, 0.2) is 41.2 Å². The predicted octanol–water partition coefficient (Wildman–Crippen LogP) is 3.05. The summed E-state index contributed by atoms with van der Waals surface area (Å²) in [4.78, 5) is 19.9. The van der Waals surface area contributed by atoms with Crippen molar-refractivity contribution in [1.82, 2.24) is 15.1 Å². The molecule has 0 aliphatic rings. The first-order chi connectivity index (χ1) is 11.5. The Labute approximate surface area is 134 Å². The molecule has 0 bridgehead atoms. The summed E-state index contributed by atoms with van der Waals surface area (Å²) < 4.78 is 31.2. The Balaban J connectivity index is 1.69. The maximum absolute atomic E-state index is 13.6. The number of carbonyl (C=O) groups is 1. The van der Waals surface area contributed by atoms with Crippen LogP contribution >= 0.6 is 0 Å². The standard InChI is InChI=1S/C15H11F2N5O2/c1-8-4-13(22-24-8)21-15(23)12-6-19-14(7-18-12)20-11-3-2-9(16)5-10(11)17/h2-7H,1H3,(H,19,20)(H,21,22,23). The van der Waals surface area contributed by atoms with Gasteiger partial charge in [-0.15, -0.1) is 0 Å². The Morgan fingerprint density at radius 2 is 1.96 bits per heavy atom. The molecule has 2 aromatic heterocycles. The largest absolute Gasteiger partial charge is 0.360 e. The highest BCUT2D eigenvalue weighted by atomic mass is 19.1. The van der Waals surface area contributed by atoms with Crippen molar-refractivity contribution in [3.63, 3.8) is 0 Å². The number of aromatic nitrogens is 3. The number of nitrogens with zero attached hydrogens (tertiary/aromatic N) is 3. The fourth-order valence-corrected chi connectivity index (χ4v) is 1.84. The molecule has 0 saturated carbocycles. The molecular weight excluding hydrogens is 320 g/mol. The SMILES string of the molecule is Cc1cc(NC(=O)c2cnc(Nc3ccc(F)cc3F)cn2)no1. The van der Waals surface area contributed by atoms with E-state index in [2.05, 4.69) is 25.8 Å². The third kappa shape index (κ3) is 3.51. The molecule has 0 saturated heterocycles. The van der Waals surface area contributed by atoms with Crippen molar-refractivity contribution in [2.24, 2.45) is 0 Å². The fraction of sp³-hybridized carbons (Fsp3) is 0.0667. The lowest BCUT2D eigenvalue weighted by atomic mass is 10.3. The van der Waals surface area contributed by atoms with Crippen molar-refractivity contribution in [3.05, 3.63) is 59.7 Å². The van der Waals surface area contributed by atoms with E-state index in [1.165, 1.54) is 18.5 Å². The molecule has 0 unspecified atom stereocenters. The molecule has 0 aliphatic carbocycles. The second-order valence-electron chi connectivity index (χ2n) is 4.81. The summed E-state index contributed by atoms with van der Waals surface area (Å²) in [5, 5.41) is 8.77. The molecule has 24 heavy (non-hydrogen) atoms. The Morgan fingerprint density at radius 3 is 2.58 bits per heavy atom. The van der Waals surface area contributed by atoms with Gasteiger partial charge in [-0.2, -0.15) is 0 Å². The summed E-state index contributed by atoms with van der Waals surface area (Å²) in [5.74, 6) is -0.948. The number of benzene rings is 1. The zero-order chi connectivity index (χ0) is 17.1. The van der Waals surface area contributed by atoms with Crippen LogP contribution in [-0.4, -0.2) is 21.0 Å². The van der Waals surface area contributed by atoms with Gasteiger partial charge in [-0.1, -0.05) is 5.16 Å². The van der Waals surface area contributed by atoms with Gasteiger partial charge < -0.3 is 15.2 Å². The molecule has 122 valence electrons. The maximum Gasteiger partial charge on any atom is 0.277 e. The monoisotopic (exact) mass is 331 g/mol. The highest BCUT2D eigenvalue weighted by molar-refractivity contribution is 6.02. The molecule has 0 spiro atoms. The molecular formula is C15H11F2N5O2. The van der Waals surface area contributed by atoms with Crippen LogP contribution in [0.4, 0.5) is 26.1 Å². The lowest BCUT2D eigenvalue weighted by Crippen LogP contribution is -2.14. The molecule has 0 aliphatic heterocycles. The van der Waals surface area contributed by atoms with E-state index in [0.717, 1.165) is 12.1 Å². The average Bonchev–Trinajstić information content (AvgIpc) is 2.96. The molecule has 0 atom stereocenters. The summed E-state index contributed by atoms with van der Waals surface area (Å²) in [6, 6.07) is 4.65. The molecule has 0 radical (unpaired) electrons. The number of carbonyl (C=O) groups excluding carboxylic acids is 1. The third-order valence-electron chi connectivity index (χ3n) is 2.95. The minimum Gasteiger partial charge on any atom is -0.360 e. The Hall–Kier alpha value is -3.36. The second-order valence-corrected chi connectivity index (χ2v) is 4.81. The molecule has 9 heteroatoms. The van der Waals surface area contributed by atoms with E-state index in [1.54, 1.807) is 13.0 Å². The lowest BCUT2D eigenvalue weighted by Gasteiger charge is -2.07. The summed E-state index contributed by atoms with van der Waals surface area (Å²) in [7, 11) is 0. The van der Waals surface area contributed by atoms with Crippen LogP contribution in [0.5, 0.6) is 0 Å². The minimum atomic E-state index is -0.764. The molecule has 1 aromatic carbocycles. The van der Waals surface area contributed by atoms with Crippen molar-refractivity contribution < 1.29 is 18.1 Å². The summed E-state index contributed by atoms with van der Waals surface area (Å²) >= 11 is 0. The van der Waals surface area contributed by atoms with E-state index in [1.807, 2.05) is 0 Å². The molecule has 3 aromatic rings. The molecule has 0 fully saturated rings. The van der Waals surface area contributed by atoms with E-state index in [9.17, 15) is 13.6 Å². The zero-order valence-corrected chi connectivity index (χ0v) is 12.4. The van der Waals surface area contributed by atoms with Crippen LogP contribution in [0.25, 0.3) is 0 Å². The van der Waals surface area contributed by atoms with Gasteiger partial charge in [-0.05, 0) is 19.1 Å². The number of halogens is 2. The second kappa shape index (κ2) is 6.41. The van der Waals surface area contributed by atoms with Gasteiger partial charge in [0.1, 0.15) is 28.9 Å². The summed E-state index contributed by atoms with van der Waals surface area (Å²) in [6.45, 7) is 1.69. The Morgan fingerprint density at radius 1 is 1.12 bits per heavy atom. The van der Waals surface area contributed by atoms with E-state index < -0.39 is 17.5 Å². The first kappa shape index (κ1) is 15.5. The molecule has 3 rings (SSSR count). The first-order valence-corrected chi connectivity index (χ1v) is 6.80. The van der Waals surface area contributed by atoms with Gasteiger partial charge in [0.25, 0.3) is 5.91 Å². The molecule has 1 amide bonds. The number of hydrogen-bond acceptors (Lipinski definition) is 6. The van der Waals surface area contributed by atoms with E-state index in [4.69, 9.17) is 4.52 Å². The van der Waals surface area contributed by atoms with Gasteiger partial charge in [0.15, 0.2) is 5.82 Å². The van der Waals surface area contributed by atoms with Crippen LogP contribution < -0.4 is 10.6 Å². The fourth-order valence-electron chi connectivity index (χ4n) is 1.84. The van der Waals surface area contributed by atoms with Crippen molar-refractivity contribution in [3.8, 4) is 0 Å². The number of hydrogen-bond donors (Lipinski definition) is 2. The average molecular weight is 331 g/mol. The number of rotatable bonds is 4. The zero-order valence-electron chi connectivity index (χ0n) is 12.4. The van der Waals surface area contributed by atoms with Gasteiger partial charge in [-0.25, -0.2) is 18.7 Å². The maximum atomic E-state index is 13.6. The molecule has 2 heterocycles. The highest BCUT2D eigenvalue weighted by Gasteiger charge is 2.11. The highest BCUT2D eigenvalue weighted by Crippen LogP contribution is 2.19. The van der Waals surface area contributed by atoms with Crippen molar-refractivity contribution in [2.75, 3.05) is 10.6 Å². The normalized spacial score (nSPS) is 10.5. The number of nitrogens with one attached hydrogen (secondary N) is 2. The van der Waals surface area contributed by atoms with Crippen LogP contribution in [0.1, 0.15) is 16.2 Å². The number of amides is 1. The molecule has 2 N–H and O–H groups in total. The predicted molar refractivity (Wildman–Crippen MR) is 80.9 cm³/mol. The number of aryl methyl sites for hydroxylation is 1. The Kier molecular flexibility index (Phi) is 4.15. The number of anilines is 3. The van der Waals surface area contributed by atoms with Crippen molar-refractivity contribution >= 4 is 23.2 Å². The van der Waals surface area contributed by atoms with Gasteiger partial charge >= 0.3 is 0 Å². The smallest absolute Gasteiger partial charge is 0.277 e. The third-order valence-corrected chi connectivity index (χ3v) is 2.95. The van der Waals surface area contributed by atoms with Gasteiger partial charge in [0.05, 0.1) is 18.1 Å². The quantitative estimate of drug-likeness (QED) is 0.763. The van der Waals surface area contributed by atoms with E-state index >= 15 is 0 Å². The Bertz CT molecular complexity index is 880. The summed E-state index contributed by atoms with van der Waals surface area (Å²) in [6.07, 6.45) is 2.47. The van der Waals surface area contributed by atoms with Gasteiger partial charge in [-0.3, -0.25) is 4.79 Å². The summed E-state index contributed by atoms with van der Waals surface area (Å²) in [5.41, 5.74) is 0.0850. The molecule has 7 nitrogen and oxygen atoms in total. The van der Waals surface area contributed by atoms with Crippen molar-refractivity contribution in [2.45, 2.75) is 6.92 Å². The van der Waals surface area contributed by atoms with Crippen LogP contribution in [0.2, 0.25) is 0 Å². The van der Waals surface area contributed by atoms with E-state index in [0.29, 0.717) is 5.76 Å². The van der Waals surface area contributed by atoms with Crippen LogP contribution in [-0.2, 0) is 0 Å². The van der Waals surface area contributed by atoms with E-state index in [-0.39, 0.29) is 23.0 Å². The van der Waals surface area contributed by atoms with Crippen LogP contribution in [0, 0.1) is 18.6 Å². The minimum absolute atomic E-state index is 0.0424. The topological polar surface area (TPSA) is 92.9 Å². The van der Waals surface area contributed by atoms with Crippen molar-refractivity contribution in [1.29, 1.82) is 0 Å². The lowest BCUT2D eigenvalue weighted by molar-refractivity contribution is 0.102. The first-order valence-electron chi connectivity index (χ1n) is 6.80. The van der Waals surface area contributed by atoms with Gasteiger partial charge in [0.2, 0.25) is 0 Å². The van der Waals surface area contributed by atoms with Gasteiger partial charge in [0, 0.05) is 12.1 Å². The van der Waals surface area contributed by atoms with Crippen LogP contribution in [0.3, 0.4) is 0 Å².